The van der Waals surface area contributed by atoms with E-state index in [1.54, 1.807) is 36.4 Å². The fourth-order valence-corrected chi connectivity index (χ4v) is 11.1. The van der Waals surface area contributed by atoms with Gasteiger partial charge in [-0.3, -0.25) is 0 Å². The summed E-state index contributed by atoms with van der Waals surface area (Å²) >= 11 is 5.98. The zero-order valence-corrected chi connectivity index (χ0v) is 29.9. The van der Waals surface area contributed by atoms with Crippen LogP contribution in [0.15, 0.2) is 116 Å². The number of ether oxygens (including phenoxy) is 1. The molecule has 0 spiro atoms. The SMILES string of the molecule is CCC1=C(C2=C(C3=C(CC)S(=O)(=O)c4cc(-c5ccc(OC)cc5)ccc43)C(F)(F)C(F)(F)C2(F)F)c2ccc(-c3ccc(Cl)cc3)cc2S1(=O)=O. The van der Waals surface area contributed by atoms with Crippen LogP contribution in [-0.2, 0) is 19.7 Å². The number of sulfone groups is 2. The molecule has 2 aliphatic heterocycles. The Morgan fingerprint density at radius 2 is 0.942 bits per heavy atom. The molecule has 0 N–H and O–H groups in total. The maximum Gasteiger partial charge on any atom is 0.380 e. The van der Waals surface area contributed by atoms with Crippen LogP contribution >= 0.6 is 11.6 Å². The second kappa shape index (κ2) is 11.8. The van der Waals surface area contributed by atoms with Crippen molar-refractivity contribution >= 4 is 42.4 Å². The van der Waals surface area contributed by atoms with Crippen LogP contribution in [0.5, 0.6) is 5.75 Å². The summed E-state index contributed by atoms with van der Waals surface area (Å²) in [5.41, 5.74) is -5.21. The van der Waals surface area contributed by atoms with E-state index >= 15 is 26.3 Å². The molecule has 5 nitrogen and oxygen atoms in total. The molecule has 4 aromatic carbocycles. The topological polar surface area (TPSA) is 77.5 Å². The van der Waals surface area contributed by atoms with Gasteiger partial charge in [0.2, 0.25) is 19.7 Å². The lowest BCUT2D eigenvalue weighted by Crippen LogP contribution is -2.49. The van der Waals surface area contributed by atoms with Gasteiger partial charge in [-0.05, 0) is 71.5 Å². The summed E-state index contributed by atoms with van der Waals surface area (Å²) in [6.45, 7) is 2.55. The minimum absolute atomic E-state index is 0.304. The minimum Gasteiger partial charge on any atom is -0.497 e. The Balaban J connectivity index is 1.54. The summed E-state index contributed by atoms with van der Waals surface area (Å²) in [5.74, 6) is -16.9. The van der Waals surface area contributed by atoms with Gasteiger partial charge in [-0.1, -0.05) is 74.0 Å². The fourth-order valence-electron chi connectivity index (χ4n) is 7.19. The lowest BCUT2D eigenvalue weighted by atomic mass is 9.86. The molecule has 0 unspecified atom stereocenters. The zero-order chi connectivity index (χ0) is 37.8. The molecule has 0 saturated carbocycles. The second-order valence-electron chi connectivity index (χ2n) is 12.4. The Labute approximate surface area is 300 Å². The molecule has 0 atom stereocenters. The van der Waals surface area contributed by atoms with Gasteiger partial charge in [0, 0.05) is 38.4 Å². The molecule has 0 fully saturated rings. The second-order valence-corrected chi connectivity index (χ2v) is 16.8. The molecular weight excluding hydrogens is 750 g/mol. The molecule has 7 rings (SSSR count). The van der Waals surface area contributed by atoms with E-state index in [4.69, 9.17) is 16.3 Å². The molecule has 3 aliphatic rings. The lowest BCUT2D eigenvalue weighted by Gasteiger charge is -2.26. The van der Waals surface area contributed by atoms with Gasteiger partial charge in [0.1, 0.15) is 5.75 Å². The van der Waals surface area contributed by atoms with E-state index in [1.807, 2.05) is 0 Å². The number of benzene rings is 4. The van der Waals surface area contributed by atoms with Crippen molar-refractivity contribution < 1.29 is 47.9 Å². The van der Waals surface area contributed by atoms with Gasteiger partial charge in [0.25, 0.3) is 0 Å². The smallest absolute Gasteiger partial charge is 0.380 e. The molecule has 0 radical (unpaired) electrons. The highest BCUT2D eigenvalue weighted by Gasteiger charge is 2.81. The van der Waals surface area contributed by atoms with Gasteiger partial charge < -0.3 is 4.74 Å². The first kappa shape index (κ1) is 36.0. The van der Waals surface area contributed by atoms with E-state index in [0.29, 0.717) is 33.0 Å². The number of hydrogen-bond donors (Lipinski definition) is 0. The average molecular weight is 777 g/mol. The van der Waals surface area contributed by atoms with Crippen molar-refractivity contribution in [1.82, 2.24) is 0 Å². The van der Waals surface area contributed by atoms with Gasteiger partial charge in [0.15, 0.2) is 0 Å². The number of alkyl halides is 6. The van der Waals surface area contributed by atoms with Crippen molar-refractivity contribution in [3.8, 4) is 28.0 Å². The van der Waals surface area contributed by atoms with E-state index < -0.39 is 103 Å². The Morgan fingerprint density at radius 3 is 1.31 bits per heavy atom. The van der Waals surface area contributed by atoms with E-state index in [1.165, 1.54) is 51.3 Å². The Hall–Kier alpha value is -4.33. The van der Waals surface area contributed by atoms with Crippen molar-refractivity contribution in [3.63, 3.8) is 0 Å². The number of halogens is 7. The van der Waals surface area contributed by atoms with E-state index in [-0.39, 0.29) is 0 Å². The summed E-state index contributed by atoms with van der Waals surface area (Å²) in [5, 5.41) is 0.382. The van der Waals surface area contributed by atoms with Crippen molar-refractivity contribution in [1.29, 1.82) is 0 Å². The monoisotopic (exact) mass is 776 g/mol. The van der Waals surface area contributed by atoms with Crippen LogP contribution in [0.25, 0.3) is 33.4 Å². The first-order valence-corrected chi connectivity index (χ1v) is 19.3. The van der Waals surface area contributed by atoms with Crippen LogP contribution in [-0.4, -0.2) is 41.7 Å². The largest absolute Gasteiger partial charge is 0.497 e. The first-order chi connectivity index (χ1) is 24.4. The highest BCUT2D eigenvalue weighted by molar-refractivity contribution is 7.96. The van der Waals surface area contributed by atoms with Crippen molar-refractivity contribution in [2.75, 3.05) is 7.11 Å². The molecule has 14 heteroatoms. The summed E-state index contributed by atoms with van der Waals surface area (Å²) in [4.78, 5) is -2.62. The molecule has 4 aromatic rings. The van der Waals surface area contributed by atoms with Crippen LogP contribution in [0.2, 0.25) is 5.02 Å². The number of hydrogen-bond acceptors (Lipinski definition) is 5. The first-order valence-electron chi connectivity index (χ1n) is 15.9. The van der Waals surface area contributed by atoms with Gasteiger partial charge >= 0.3 is 17.8 Å². The zero-order valence-electron chi connectivity index (χ0n) is 27.5. The van der Waals surface area contributed by atoms with Gasteiger partial charge in [-0.25, -0.2) is 16.8 Å². The third kappa shape index (κ3) is 4.81. The molecule has 0 bridgehead atoms. The van der Waals surface area contributed by atoms with E-state index in [9.17, 15) is 16.8 Å². The number of rotatable bonds is 7. The fraction of sp³-hybridized carbons (Fsp3) is 0.211. The predicted octanol–water partition coefficient (Wildman–Crippen LogP) is 10.4. The number of fused-ring (bicyclic) bond motifs is 2. The summed E-state index contributed by atoms with van der Waals surface area (Å²) < 4.78 is 158. The van der Waals surface area contributed by atoms with E-state index in [2.05, 4.69) is 0 Å². The molecule has 2 heterocycles. The van der Waals surface area contributed by atoms with Crippen LogP contribution < -0.4 is 4.74 Å². The molecule has 270 valence electrons. The van der Waals surface area contributed by atoms with Crippen molar-refractivity contribution in [2.24, 2.45) is 0 Å². The quantitative estimate of drug-likeness (QED) is 0.175. The Morgan fingerprint density at radius 1 is 0.577 bits per heavy atom. The molecular formula is C38H27ClF6O5S2. The highest BCUT2D eigenvalue weighted by atomic mass is 35.5. The Bertz CT molecular complexity index is 2520. The molecule has 0 saturated heterocycles. The van der Waals surface area contributed by atoms with E-state index in [0.717, 1.165) is 18.2 Å². The maximum absolute atomic E-state index is 16.3. The third-order valence-electron chi connectivity index (χ3n) is 9.70. The molecule has 0 aromatic heterocycles. The third-order valence-corrected chi connectivity index (χ3v) is 14.1. The van der Waals surface area contributed by atoms with Crippen LogP contribution in [0.4, 0.5) is 26.3 Å². The van der Waals surface area contributed by atoms with Gasteiger partial charge in [-0.15, -0.1) is 0 Å². The van der Waals surface area contributed by atoms with Crippen LogP contribution in [0.1, 0.15) is 37.8 Å². The van der Waals surface area contributed by atoms with Crippen LogP contribution in [0.3, 0.4) is 0 Å². The number of methoxy groups -OCH3 is 1. The highest BCUT2D eigenvalue weighted by Crippen LogP contribution is 2.67. The normalized spacial score (nSPS) is 20.3. The van der Waals surface area contributed by atoms with Gasteiger partial charge in [-0.2, -0.15) is 26.3 Å². The van der Waals surface area contributed by atoms with Crippen LogP contribution in [0, 0.1) is 0 Å². The molecule has 1 aliphatic carbocycles. The predicted molar refractivity (Wildman–Crippen MR) is 186 cm³/mol. The summed E-state index contributed by atoms with van der Waals surface area (Å²) in [6.07, 6.45) is -1.04. The molecule has 0 amide bonds. The maximum atomic E-state index is 16.3. The number of allylic oxidation sites excluding steroid dienone is 6. The summed E-state index contributed by atoms with van der Waals surface area (Å²) in [7, 11) is -7.92. The minimum atomic E-state index is -6.08. The van der Waals surface area contributed by atoms with Crippen molar-refractivity contribution in [3.05, 3.63) is 122 Å². The Kier molecular flexibility index (Phi) is 8.21. The average Bonchev–Trinajstić information content (AvgIpc) is 3.51. The lowest BCUT2D eigenvalue weighted by molar-refractivity contribution is -0.263. The standard InChI is InChI=1S/C38H27ClF6O5S2/c1-4-28-32(26-16-10-22(18-30(26)51(28,46)47)20-6-12-24(39)13-7-20)34-35(37(42,43)38(44,45)36(34,40)41)33-27-17-11-23(21-8-14-25(50-3)15-9-21)19-31(27)52(48,49)29(33)5-2/h6-19H,4-5H2,1-3H3. The van der Waals surface area contributed by atoms with Crippen molar-refractivity contribution in [2.45, 2.75) is 54.2 Å². The molecule has 52 heavy (non-hydrogen) atoms. The van der Waals surface area contributed by atoms with Gasteiger partial charge in [0.05, 0.1) is 26.7 Å². The summed E-state index contributed by atoms with van der Waals surface area (Å²) in [6, 6.07) is 19.9.